The molecule has 5 nitrogen and oxygen atoms in total. The lowest BCUT2D eigenvalue weighted by Crippen LogP contribution is -2.41. The topological polar surface area (TPSA) is 83.8 Å². The third-order valence-corrected chi connectivity index (χ3v) is 4.00. The fourth-order valence-corrected chi connectivity index (χ4v) is 2.63. The molecule has 0 aliphatic rings. The van der Waals surface area contributed by atoms with Crippen LogP contribution in [0.1, 0.15) is 12.2 Å². The van der Waals surface area contributed by atoms with Crippen LogP contribution in [0.5, 0.6) is 0 Å². The van der Waals surface area contributed by atoms with Crippen molar-refractivity contribution in [3.63, 3.8) is 0 Å². The Balaban J connectivity index is 0.00000242. The average Bonchev–Trinajstić information content (AvgIpc) is 2.86. The molecule has 1 aromatic carbocycles. The van der Waals surface area contributed by atoms with E-state index in [1.807, 2.05) is 18.4 Å². The minimum atomic E-state index is -0.438. The van der Waals surface area contributed by atoms with Crippen molar-refractivity contribution in [3.8, 4) is 0 Å². The maximum Gasteiger partial charge on any atom is 0.236 e. The Morgan fingerprint density at radius 3 is 2.91 bits per heavy atom. The normalized spacial score (nSPS) is 11.4. The number of hydrogen-bond acceptors (Lipinski definition) is 4. The molecule has 0 aliphatic heterocycles. The number of nitrogens with two attached hydrogens (primary N) is 1. The lowest BCUT2D eigenvalue weighted by Gasteiger charge is -2.10. The number of amides is 1. The number of aromatic amines is 1. The van der Waals surface area contributed by atoms with E-state index in [1.54, 1.807) is 17.8 Å². The third kappa shape index (κ3) is 6.77. The van der Waals surface area contributed by atoms with E-state index in [4.69, 9.17) is 17.3 Å². The average molecular weight is 400 g/mol. The number of rotatable bonds is 7. The van der Waals surface area contributed by atoms with Gasteiger partial charge in [-0.15, -0.1) is 24.8 Å². The van der Waals surface area contributed by atoms with Gasteiger partial charge in [0.15, 0.2) is 0 Å². The van der Waals surface area contributed by atoms with E-state index < -0.39 is 6.04 Å². The summed E-state index contributed by atoms with van der Waals surface area (Å²) in [6, 6.07) is 5.08. The van der Waals surface area contributed by atoms with Gasteiger partial charge in [0.25, 0.3) is 0 Å². The molecule has 130 valence electrons. The van der Waals surface area contributed by atoms with Crippen LogP contribution in [-0.4, -0.2) is 40.5 Å². The van der Waals surface area contributed by atoms with Crippen molar-refractivity contribution in [2.24, 2.45) is 5.73 Å². The zero-order valence-electron chi connectivity index (χ0n) is 12.7. The molecule has 23 heavy (non-hydrogen) atoms. The van der Waals surface area contributed by atoms with Gasteiger partial charge >= 0.3 is 0 Å². The predicted octanol–water partition coefficient (Wildman–Crippen LogP) is 2.80. The summed E-state index contributed by atoms with van der Waals surface area (Å²) in [7, 11) is 0. The minimum Gasteiger partial charge on any atom is -0.354 e. The minimum absolute atomic E-state index is 0. The first-order valence-electron chi connectivity index (χ1n) is 6.76. The van der Waals surface area contributed by atoms with Crippen LogP contribution < -0.4 is 11.1 Å². The summed E-state index contributed by atoms with van der Waals surface area (Å²) >= 11 is 7.62. The van der Waals surface area contributed by atoms with Gasteiger partial charge in [0.2, 0.25) is 5.91 Å². The molecule has 9 heteroatoms. The van der Waals surface area contributed by atoms with Crippen molar-refractivity contribution >= 4 is 65.1 Å². The molecular weight excluding hydrogens is 379 g/mol. The van der Waals surface area contributed by atoms with Gasteiger partial charge in [-0.3, -0.25) is 4.79 Å². The SMILES string of the molecule is CSCC[C@H](N)C(=O)NCCc1nc2ccc(Cl)cc2[nH]1.Cl.Cl. The Morgan fingerprint density at radius 2 is 2.22 bits per heavy atom. The molecule has 1 aromatic heterocycles. The fourth-order valence-electron chi connectivity index (χ4n) is 1.96. The van der Waals surface area contributed by atoms with E-state index in [0.29, 0.717) is 24.4 Å². The van der Waals surface area contributed by atoms with E-state index in [1.165, 1.54) is 0 Å². The van der Waals surface area contributed by atoms with Crippen LogP contribution in [0.2, 0.25) is 5.02 Å². The van der Waals surface area contributed by atoms with Crippen molar-refractivity contribution in [1.82, 2.24) is 15.3 Å². The summed E-state index contributed by atoms with van der Waals surface area (Å²) in [4.78, 5) is 19.4. The Hall–Kier alpha value is -0.660. The number of halogens is 3. The molecule has 1 heterocycles. The van der Waals surface area contributed by atoms with E-state index in [-0.39, 0.29) is 30.7 Å². The van der Waals surface area contributed by atoms with Gasteiger partial charge in [0, 0.05) is 18.0 Å². The van der Waals surface area contributed by atoms with E-state index in [9.17, 15) is 4.79 Å². The lowest BCUT2D eigenvalue weighted by molar-refractivity contribution is -0.122. The van der Waals surface area contributed by atoms with E-state index in [0.717, 1.165) is 22.6 Å². The Labute approximate surface area is 157 Å². The number of imidazole rings is 1. The molecule has 0 fully saturated rings. The molecular formula is C14H21Cl3N4OS. The van der Waals surface area contributed by atoms with Crippen molar-refractivity contribution in [1.29, 1.82) is 0 Å². The number of aromatic nitrogens is 2. The van der Waals surface area contributed by atoms with Crippen molar-refractivity contribution in [3.05, 3.63) is 29.0 Å². The molecule has 0 unspecified atom stereocenters. The molecule has 0 aliphatic carbocycles. The van der Waals surface area contributed by atoms with Gasteiger partial charge < -0.3 is 16.0 Å². The first-order valence-corrected chi connectivity index (χ1v) is 8.53. The number of nitrogens with zero attached hydrogens (tertiary/aromatic N) is 1. The van der Waals surface area contributed by atoms with Crippen molar-refractivity contribution in [2.75, 3.05) is 18.6 Å². The van der Waals surface area contributed by atoms with Gasteiger partial charge in [0.05, 0.1) is 17.1 Å². The fraction of sp³-hybridized carbons (Fsp3) is 0.429. The predicted molar refractivity (Wildman–Crippen MR) is 103 cm³/mol. The smallest absolute Gasteiger partial charge is 0.236 e. The molecule has 1 atom stereocenters. The molecule has 0 saturated heterocycles. The number of fused-ring (bicyclic) bond motifs is 1. The van der Waals surface area contributed by atoms with Gasteiger partial charge in [0.1, 0.15) is 5.82 Å². The van der Waals surface area contributed by atoms with Gasteiger partial charge in [-0.05, 0) is 36.6 Å². The maximum atomic E-state index is 11.8. The third-order valence-electron chi connectivity index (χ3n) is 3.12. The van der Waals surface area contributed by atoms with Gasteiger partial charge in [-0.2, -0.15) is 11.8 Å². The number of nitrogens with one attached hydrogen (secondary N) is 2. The highest BCUT2D eigenvalue weighted by molar-refractivity contribution is 7.98. The van der Waals surface area contributed by atoms with Gasteiger partial charge in [-0.1, -0.05) is 11.6 Å². The zero-order valence-corrected chi connectivity index (χ0v) is 15.9. The molecule has 2 rings (SSSR count). The largest absolute Gasteiger partial charge is 0.354 e. The maximum absolute atomic E-state index is 11.8. The van der Waals surface area contributed by atoms with Gasteiger partial charge in [-0.25, -0.2) is 4.98 Å². The summed E-state index contributed by atoms with van der Waals surface area (Å²) in [6.07, 6.45) is 3.32. The van der Waals surface area contributed by atoms with Crippen LogP contribution in [0.15, 0.2) is 18.2 Å². The quantitative estimate of drug-likeness (QED) is 0.668. The number of thioether (sulfide) groups is 1. The molecule has 2 aromatic rings. The Bertz CT molecular complexity index is 623. The second-order valence-corrected chi connectivity index (χ2v) is 6.20. The zero-order chi connectivity index (χ0) is 15.2. The number of carbonyl (C=O) groups is 1. The highest BCUT2D eigenvalue weighted by atomic mass is 35.5. The second kappa shape index (κ2) is 11.0. The first kappa shape index (κ1) is 22.3. The number of benzene rings is 1. The van der Waals surface area contributed by atoms with E-state index in [2.05, 4.69) is 15.3 Å². The van der Waals surface area contributed by atoms with Crippen LogP contribution >= 0.6 is 48.2 Å². The summed E-state index contributed by atoms with van der Waals surface area (Å²) in [5, 5.41) is 3.51. The first-order chi connectivity index (χ1) is 10.1. The number of H-pyrrole nitrogens is 1. The van der Waals surface area contributed by atoms with Crippen LogP contribution in [0, 0.1) is 0 Å². The molecule has 4 N–H and O–H groups in total. The summed E-state index contributed by atoms with van der Waals surface area (Å²) in [5.41, 5.74) is 7.57. The Kier molecular flexibility index (Phi) is 10.7. The Morgan fingerprint density at radius 1 is 1.48 bits per heavy atom. The molecule has 0 radical (unpaired) electrons. The monoisotopic (exact) mass is 398 g/mol. The number of hydrogen-bond donors (Lipinski definition) is 3. The molecule has 0 saturated carbocycles. The molecule has 0 bridgehead atoms. The van der Waals surface area contributed by atoms with Crippen LogP contribution in [0.25, 0.3) is 11.0 Å². The number of carbonyl (C=O) groups excluding carboxylic acids is 1. The van der Waals surface area contributed by atoms with E-state index >= 15 is 0 Å². The summed E-state index contributed by atoms with van der Waals surface area (Å²) < 4.78 is 0. The summed E-state index contributed by atoms with van der Waals surface area (Å²) in [5.74, 6) is 1.60. The highest BCUT2D eigenvalue weighted by Crippen LogP contribution is 2.17. The second-order valence-electron chi connectivity index (χ2n) is 4.77. The van der Waals surface area contributed by atoms with Crippen LogP contribution in [0.4, 0.5) is 0 Å². The van der Waals surface area contributed by atoms with Crippen molar-refractivity contribution < 1.29 is 4.79 Å². The summed E-state index contributed by atoms with van der Waals surface area (Å²) in [6.45, 7) is 0.513. The highest BCUT2D eigenvalue weighted by Gasteiger charge is 2.12. The van der Waals surface area contributed by atoms with Crippen LogP contribution in [-0.2, 0) is 11.2 Å². The molecule has 0 spiro atoms. The van der Waals surface area contributed by atoms with Crippen LogP contribution in [0.3, 0.4) is 0 Å². The molecule has 1 amide bonds. The van der Waals surface area contributed by atoms with Crippen molar-refractivity contribution in [2.45, 2.75) is 18.9 Å². The lowest BCUT2D eigenvalue weighted by atomic mass is 10.2. The standard InChI is InChI=1S/C14H19ClN4OS.2ClH/c1-21-7-5-10(16)14(20)17-6-4-13-18-11-3-2-9(15)8-12(11)19-13;;/h2-3,8,10H,4-7,16H2,1H3,(H,17,20)(H,18,19);2*1H/t10-;;/m0../s1.